The first kappa shape index (κ1) is 18.7. The molecule has 0 fully saturated rings. The number of benzene rings is 1. The maximum absolute atomic E-state index is 11.3. The summed E-state index contributed by atoms with van der Waals surface area (Å²) in [4.78, 5) is 17.0. The van der Waals surface area contributed by atoms with E-state index in [9.17, 15) is 4.79 Å². The van der Waals surface area contributed by atoms with Crippen LogP contribution in [0.15, 0.2) is 41.0 Å². The van der Waals surface area contributed by atoms with Gasteiger partial charge in [-0.25, -0.2) is 4.99 Å². The van der Waals surface area contributed by atoms with Gasteiger partial charge in [0.15, 0.2) is 4.80 Å². The Morgan fingerprint density at radius 2 is 2.18 bits per heavy atom. The van der Waals surface area contributed by atoms with Crippen molar-refractivity contribution in [3.8, 4) is 11.3 Å². The molecule has 1 aromatic carbocycles. The molecule has 28 heavy (non-hydrogen) atoms. The van der Waals surface area contributed by atoms with Crippen LogP contribution in [-0.4, -0.2) is 26.8 Å². The first-order valence-corrected chi connectivity index (χ1v) is 10.6. The van der Waals surface area contributed by atoms with Crippen molar-refractivity contribution in [2.45, 2.75) is 46.2 Å². The van der Waals surface area contributed by atoms with Crippen LogP contribution in [0, 0.1) is 0 Å². The lowest BCUT2D eigenvalue weighted by atomic mass is 10.0. The number of hydrogen-bond donors (Lipinski definition) is 1. The summed E-state index contributed by atoms with van der Waals surface area (Å²) in [7, 11) is 0. The van der Waals surface area contributed by atoms with E-state index in [1.165, 1.54) is 29.5 Å². The van der Waals surface area contributed by atoms with Gasteiger partial charge in [-0.15, -0.1) is 11.3 Å². The highest BCUT2D eigenvalue weighted by molar-refractivity contribution is 7.07. The number of aromatic nitrogens is 3. The van der Waals surface area contributed by atoms with Gasteiger partial charge in [-0.05, 0) is 48.9 Å². The zero-order valence-electron chi connectivity index (χ0n) is 16.3. The van der Waals surface area contributed by atoms with Gasteiger partial charge in [-0.3, -0.25) is 9.48 Å². The van der Waals surface area contributed by atoms with E-state index in [4.69, 9.17) is 4.99 Å². The summed E-state index contributed by atoms with van der Waals surface area (Å²) in [6.45, 7) is 5.68. The van der Waals surface area contributed by atoms with Gasteiger partial charge in [-0.2, -0.15) is 5.10 Å². The Balaban J connectivity index is 1.73. The molecular weight excluding hydrogens is 370 g/mol. The average molecular weight is 396 g/mol. The van der Waals surface area contributed by atoms with E-state index in [0.29, 0.717) is 13.1 Å². The summed E-state index contributed by atoms with van der Waals surface area (Å²) >= 11 is 1.62. The molecule has 1 amide bonds. The number of carbonyl (C=O) groups excluding carboxylic acids is 1. The van der Waals surface area contributed by atoms with Gasteiger partial charge in [0.05, 0.1) is 18.1 Å². The zero-order valence-corrected chi connectivity index (χ0v) is 17.1. The number of amides is 1. The van der Waals surface area contributed by atoms with Crippen molar-refractivity contribution in [1.29, 1.82) is 0 Å². The lowest BCUT2D eigenvalue weighted by Gasteiger charge is -2.11. The van der Waals surface area contributed by atoms with E-state index in [0.717, 1.165) is 29.1 Å². The predicted octanol–water partition coefficient (Wildman–Crippen LogP) is 3.29. The molecule has 7 heteroatoms. The monoisotopic (exact) mass is 395 g/mol. The fourth-order valence-corrected chi connectivity index (χ4v) is 4.59. The third kappa shape index (κ3) is 3.94. The Bertz CT molecular complexity index is 1060. The van der Waals surface area contributed by atoms with E-state index in [-0.39, 0.29) is 5.91 Å². The number of rotatable bonds is 6. The first-order valence-electron chi connectivity index (χ1n) is 9.76. The zero-order chi connectivity index (χ0) is 19.5. The molecule has 6 nitrogen and oxygen atoms in total. The highest BCUT2D eigenvalue weighted by atomic mass is 32.1. The van der Waals surface area contributed by atoms with Crippen molar-refractivity contribution in [2.75, 3.05) is 6.54 Å². The molecule has 1 N–H and O–H groups in total. The summed E-state index contributed by atoms with van der Waals surface area (Å²) < 4.78 is 4.07. The van der Waals surface area contributed by atoms with Crippen LogP contribution in [0.25, 0.3) is 11.3 Å². The Hall–Kier alpha value is -2.67. The minimum absolute atomic E-state index is 0.0161. The Labute approximate surface area is 168 Å². The van der Waals surface area contributed by atoms with Crippen molar-refractivity contribution in [3.05, 3.63) is 51.9 Å². The van der Waals surface area contributed by atoms with Gasteiger partial charge in [0.25, 0.3) is 0 Å². The maximum Gasteiger partial charge on any atom is 0.216 e. The topological polar surface area (TPSA) is 64.2 Å². The summed E-state index contributed by atoms with van der Waals surface area (Å²) in [6, 6.07) is 6.79. The molecule has 1 aliphatic rings. The molecular formula is C21H25N5OS. The molecule has 146 valence electrons. The smallest absolute Gasteiger partial charge is 0.216 e. The number of carbonyl (C=O) groups is 1. The number of aryl methyl sites for hydroxylation is 3. The minimum Gasteiger partial charge on any atom is -0.355 e. The molecule has 0 atom stereocenters. The average Bonchev–Trinajstić information content (AvgIpc) is 3.41. The summed E-state index contributed by atoms with van der Waals surface area (Å²) in [5.41, 5.74) is 6.13. The Morgan fingerprint density at radius 3 is 2.96 bits per heavy atom. The van der Waals surface area contributed by atoms with Crippen molar-refractivity contribution < 1.29 is 4.79 Å². The highest BCUT2D eigenvalue weighted by Gasteiger charge is 2.14. The molecule has 0 aliphatic heterocycles. The van der Waals surface area contributed by atoms with Crippen molar-refractivity contribution in [1.82, 2.24) is 19.7 Å². The van der Waals surface area contributed by atoms with E-state index >= 15 is 0 Å². The van der Waals surface area contributed by atoms with E-state index in [1.54, 1.807) is 24.5 Å². The molecule has 3 aromatic rings. The molecule has 0 radical (unpaired) electrons. The van der Waals surface area contributed by atoms with Crippen LogP contribution in [0.3, 0.4) is 0 Å². The van der Waals surface area contributed by atoms with Gasteiger partial charge in [-0.1, -0.05) is 12.1 Å². The molecule has 0 bridgehead atoms. The summed E-state index contributed by atoms with van der Waals surface area (Å²) in [6.07, 6.45) is 7.33. The van der Waals surface area contributed by atoms with Gasteiger partial charge in [0.2, 0.25) is 5.91 Å². The fourth-order valence-electron chi connectivity index (χ4n) is 3.63. The highest BCUT2D eigenvalue weighted by Crippen LogP contribution is 2.28. The molecule has 0 saturated carbocycles. The standard InChI is InChI=1S/C21H25N5OS/c1-3-25-13-19(12-23-25)24-21-26(10-9-22-15(2)27)20(14-28-21)18-8-7-16-5-4-6-17(16)11-18/h7-8,11-14H,3-6,9-10H2,1-2H3,(H,22,27). The molecule has 1 aliphatic carbocycles. The lowest BCUT2D eigenvalue weighted by Crippen LogP contribution is -2.28. The molecule has 0 saturated heterocycles. The number of nitrogens with one attached hydrogen (secondary N) is 1. The molecule has 2 heterocycles. The van der Waals surface area contributed by atoms with E-state index < -0.39 is 0 Å². The Morgan fingerprint density at radius 1 is 1.32 bits per heavy atom. The third-order valence-electron chi connectivity index (χ3n) is 5.07. The van der Waals surface area contributed by atoms with Crippen LogP contribution in [0.2, 0.25) is 0 Å². The van der Waals surface area contributed by atoms with Gasteiger partial charge in [0.1, 0.15) is 5.69 Å². The molecule has 2 aromatic heterocycles. The number of thiazole rings is 1. The summed E-state index contributed by atoms with van der Waals surface area (Å²) in [5, 5.41) is 9.37. The van der Waals surface area contributed by atoms with Crippen LogP contribution in [0.1, 0.15) is 31.4 Å². The van der Waals surface area contributed by atoms with Crippen LogP contribution in [0.4, 0.5) is 5.69 Å². The minimum atomic E-state index is -0.0161. The number of hydrogen-bond acceptors (Lipinski definition) is 4. The van der Waals surface area contributed by atoms with Gasteiger partial charge in [0, 0.05) is 31.9 Å². The predicted molar refractivity (Wildman–Crippen MR) is 112 cm³/mol. The second kappa shape index (κ2) is 8.14. The molecule has 0 spiro atoms. The van der Waals surface area contributed by atoms with Crippen LogP contribution in [-0.2, 0) is 30.7 Å². The second-order valence-electron chi connectivity index (χ2n) is 7.04. The van der Waals surface area contributed by atoms with Crippen molar-refractivity contribution in [2.24, 2.45) is 4.99 Å². The van der Waals surface area contributed by atoms with Crippen molar-refractivity contribution >= 4 is 22.9 Å². The van der Waals surface area contributed by atoms with Gasteiger partial charge >= 0.3 is 0 Å². The maximum atomic E-state index is 11.3. The van der Waals surface area contributed by atoms with Crippen LogP contribution < -0.4 is 10.1 Å². The lowest BCUT2D eigenvalue weighted by molar-refractivity contribution is -0.118. The van der Waals surface area contributed by atoms with Gasteiger partial charge < -0.3 is 9.88 Å². The largest absolute Gasteiger partial charge is 0.355 e. The Kier molecular flexibility index (Phi) is 5.43. The molecule has 0 unspecified atom stereocenters. The first-order chi connectivity index (χ1) is 13.6. The van der Waals surface area contributed by atoms with E-state index in [2.05, 4.69) is 45.5 Å². The number of fused-ring (bicyclic) bond motifs is 1. The summed E-state index contributed by atoms with van der Waals surface area (Å²) in [5.74, 6) is -0.0161. The fraction of sp³-hybridized carbons (Fsp3) is 0.381. The molecule has 4 rings (SSSR count). The van der Waals surface area contributed by atoms with Crippen LogP contribution in [0.5, 0.6) is 0 Å². The second-order valence-corrected chi connectivity index (χ2v) is 7.88. The third-order valence-corrected chi connectivity index (χ3v) is 5.93. The van der Waals surface area contributed by atoms with Crippen LogP contribution >= 0.6 is 11.3 Å². The quantitative estimate of drug-likeness (QED) is 0.696. The number of nitrogens with zero attached hydrogens (tertiary/aromatic N) is 4. The normalized spacial score (nSPS) is 13.7. The van der Waals surface area contributed by atoms with Crippen molar-refractivity contribution in [3.63, 3.8) is 0 Å². The SMILES string of the molecule is CCn1cc(N=c2scc(-c3ccc4c(c3)CCC4)n2CCNC(C)=O)cn1. The van der Waals surface area contributed by atoms with E-state index in [1.807, 2.05) is 10.9 Å².